The van der Waals surface area contributed by atoms with Gasteiger partial charge in [0.2, 0.25) is 0 Å². The van der Waals surface area contributed by atoms with Gasteiger partial charge in [-0.25, -0.2) is 13.8 Å². The van der Waals surface area contributed by atoms with Crippen molar-refractivity contribution in [3.63, 3.8) is 0 Å². The van der Waals surface area contributed by atoms with Crippen LogP contribution in [0.25, 0.3) is 0 Å². The summed E-state index contributed by atoms with van der Waals surface area (Å²) in [5.41, 5.74) is 3.52. The van der Waals surface area contributed by atoms with Crippen molar-refractivity contribution < 1.29 is 23.1 Å². The fourth-order valence-electron chi connectivity index (χ4n) is 3.22. The van der Waals surface area contributed by atoms with Gasteiger partial charge < -0.3 is 9.84 Å². The van der Waals surface area contributed by atoms with Gasteiger partial charge in [-0.05, 0) is 80.8 Å². The van der Waals surface area contributed by atoms with E-state index in [1.807, 2.05) is 13.2 Å². The summed E-state index contributed by atoms with van der Waals surface area (Å²) in [5, 5.41) is 14.0. The summed E-state index contributed by atoms with van der Waals surface area (Å²) in [4.78, 5) is 13.8. The number of rotatable bonds is 10. The lowest BCUT2D eigenvalue weighted by Crippen LogP contribution is -2.39. The Labute approximate surface area is 209 Å². The van der Waals surface area contributed by atoms with E-state index < -0.39 is 22.5 Å². The molecule has 0 aromatic heterocycles. The number of aromatic hydroxyl groups is 1. The van der Waals surface area contributed by atoms with Crippen molar-refractivity contribution in [3.8, 4) is 11.5 Å². The quantitative estimate of drug-likeness (QED) is 0.238. The van der Waals surface area contributed by atoms with Gasteiger partial charge in [0, 0.05) is 10.5 Å². The summed E-state index contributed by atoms with van der Waals surface area (Å²) in [6.07, 6.45) is 1.90. The van der Waals surface area contributed by atoms with Crippen molar-refractivity contribution in [1.82, 2.24) is 5.43 Å². The van der Waals surface area contributed by atoms with Crippen LogP contribution in [0.5, 0.6) is 11.5 Å². The first-order chi connectivity index (χ1) is 16.8. The number of amides is 1. The van der Waals surface area contributed by atoms with Crippen LogP contribution in [0.3, 0.4) is 0 Å². The van der Waals surface area contributed by atoms with Crippen LogP contribution < -0.4 is 14.5 Å². The van der Waals surface area contributed by atoms with Crippen LogP contribution in [0.1, 0.15) is 19.4 Å². The molecule has 0 saturated carbocycles. The van der Waals surface area contributed by atoms with E-state index in [4.69, 9.17) is 4.74 Å². The Morgan fingerprint density at radius 3 is 2.31 bits per heavy atom. The number of carbonyl (C=O) groups is 1. The Morgan fingerprint density at radius 2 is 1.71 bits per heavy atom. The van der Waals surface area contributed by atoms with Gasteiger partial charge in [0.25, 0.3) is 15.9 Å². The van der Waals surface area contributed by atoms with Crippen LogP contribution in [-0.4, -0.2) is 44.6 Å². The van der Waals surface area contributed by atoms with Crippen LogP contribution in [0.15, 0.2) is 87.7 Å². The molecular formula is C25H27N3O5S2. The third kappa shape index (κ3) is 6.55. The molecule has 0 aliphatic heterocycles. The van der Waals surface area contributed by atoms with Gasteiger partial charge in [-0.2, -0.15) is 5.10 Å². The van der Waals surface area contributed by atoms with Crippen LogP contribution >= 0.6 is 11.8 Å². The van der Waals surface area contributed by atoms with E-state index in [-0.39, 0.29) is 10.6 Å². The minimum Gasteiger partial charge on any atom is -0.507 e. The van der Waals surface area contributed by atoms with Gasteiger partial charge in [0.1, 0.15) is 18.0 Å². The third-order valence-electron chi connectivity index (χ3n) is 5.01. The summed E-state index contributed by atoms with van der Waals surface area (Å²) in [7, 11) is -4.06. The van der Waals surface area contributed by atoms with Gasteiger partial charge in [-0.3, -0.25) is 9.10 Å². The smallest absolute Gasteiger partial charge is 0.264 e. The van der Waals surface area contributed by atoms with E-state index in [1.165, 1.54) is 30.0 Å². The number of phenolic OH excluding ortho intramolecular Hbond substituents is 1. The molecule has 0 bridgehead atoms. The van der Waals surface area contributed by atoms with Crippen molar-refractivity contribution in [2.24, 2.45) is 5.10 Å². The molecule has 0 saturated heterocycles. The molecule has 0 fully saturated rings. The number of benzene rings is 3. The highest BCUT2D eigenvalue weighted by atomic mass is 32.2. The topological polar surface area (TPSA) is 108 Å². The first-order valence-corrected chi connectivity index (χ1v) is 13.4. The number of anilines is 1. The predicted molar refractivity (Wildman–Crippen MR) is 139 cm³/mol. The molecule has 3 aromatic carbocycles. The van der Waals surface area contributed by atoms with Gasteiger partial charge in [-0.1, -0.05) is 12.1 Å². The molecule has 3 aromatic rings. The monoisotopic (exact) mass is 513 g/mol. The Bertz CT molecular complexity index is 1290. The molecule has 3 rings (SSSR count). The zero-order valence-electron chi connectivity index (χ0n) is 19.6. The number of ether oxygens (including phenoxy) is 1. The number of sulfonamides is 1. The SMILES string of the molecule is CCOc1ccc(N(CC(=O)N/N=C(/C)c2ccccc2O)S(=O)(=O)c2ccc(SC)cc2)cc1. The highest BCUT2D eigenvalue weighted by molar-refractivity contribution is 7.98. The molecule has 10 heteroatoms. The number of hydrogen-bond donors (Lipinski definition) is 2. The minimum absolute atomic E-state index is 0.0234. The van der Waals surface area contributed by atoms with Crippen LogP contribution in [0.2, 0.25) is 0 Å². The molecule has 0 radical (unpaired) electrons. The largest absolute Gasteiger partial charge is 0.507 e. The second-order valence-electron chi connectivity index (χ2n) is 7.36. The van der Waals surface area contributed by atoms with E-state index in [9.17, 15) is 18.3 Å². The number of nitrogens with zero attached hydrogens (tertiary/aromatic N) is 2. The number of phenols is 1. The first kappa shape index (κ1) is 26.1. The summed E-state index contributed by atoms with van der Waals surface area (Å²) < 4.78 is 33.5. The molecule has 0 spiro atoms. The molecule has 2 N–H and O–H groups in total. The molecule has 0 unspecified atom stereocenters. The van der Waals surface area contributed by atoms with Gasteiger partial charge >= 0.3 is 0 Å². The van der Waals surface area contributed by atoms with Gasteiger partial charge in [0.05, 0.1) is 22.9 Å². The third-order valence-corrected chi connectivity index (χ3v) is 7.54. The molecule has 0 aliphatic rings. The second-order valence-corrected chi connectivity index (χ2v) is 10.1. The fraction of sp³-hybridized carbons (Fsp3) is 0.200. The average Bonchev–Trinajstić information content (AvgIpc) is 2.87. The van der Waals surface area contributed by atoms with E-state index >= 15 is 0 Å². The first-order valence-electron chi connectivity index (χ1n) is 10.8. The molecule has 184 valence electrons. The highest BCUT2D eigenvalue weighted by Gasteiger charge is 2.27. The van der Waals surface area contributed by atoms with Crippen LogP contribution in [0, 0.1) is 0 Å². The normalized spacial score (nSPS) is 11.7. The summed E-state index contributed by atoms with van der Waals surface area (Å²) >= 11 is 1.50. The second kappa shape index (κ2) is 11.8. The molecule has 0 atom stereocenters. The number of carbonyl (C=O) groups excluding carboxylic acids is 1. The van der Waals surface area contributed by atoms with Crippen LogP contribution in [0.4, 0.5) is 5.69 Å². The maximum Gasteiger partial charge on any atom is 0.264 e. The number of para-hydroxylation sites is 1. The Morgan fingerprint density at radius 1 is 1.06 bits per heavy atom. The van der Waals surface area contributed by atoms with Crippen LogP contribution in [-0.2, 0) is 14.8 Å². The Kier molecular flexibility index (Phi) is 8.78. The van der Waals surface area contributed by atoms with E-state index in [2.05, 4.69) is 10.5 Å². The van der Waals surface area contributed by atoms with Gasteiger partial charge in [0.15, 0.2) is 0 Å². The Hall–Kier alpha value is -3.50. The summed E-state index contributed by atoms with van der Waals surface area (Å²) in [5.74, 6) is -0.0292. The zero-order valence-corrected chi connectivity index (χ0v) is 21.3. The number of hydrazone groups is 1. The Balaban J connectivity index is 1.89. The lowest BCUT2D eigenvalue weighted by atomic mass is 10.1. The number of nitrogens with one attached hydrogen (secondary N) is 1. The van der Waals surface area contributed by atoms with E-state index in [0.717, 1.165) is 9.20 Å². The minimum atomic E-state index is -4.06. The average molecular weight is 514 g/mol. The molecule has 35 heavy (non-hydrogen) atoms. The molecule has 8 nitrogen and oxygen atoms in total. The van der Waals surface area contributed by atoms with E-state index in [1.54, 1.807) is 61.5 Å². The summed E-state index contributed by atoms with van der Waals surface area (Å²) in [6.45, 7) is 3.45. The number of thioether (sulfide) groups is 1. The van der Waals surface area contributed by atoms with E-state index in [0.29, 0.717) is 29.3 Å². The van der Waals surface area contributed by atoms with Crippen molar-refractivity contribution in [2.45, 2.75) is 23.6 Å². The summed E-state index contributed by atoms with van der Waals surface area (Å²) in [6, 6.07) is 19.5. The standard InChI is InChI=1S/C25H27N3O5S2/c1-4-33-20-11-9-19(10-12-20)28(35(31,32)22-15-13-21(34-3)14-16-22)17-25(30)27-26-18(2)23-7-5-6-8-24(23)29/h5-16,29H,4,17H2,1-3H3,(H,27,30)/b26-18-. The zero-order chi connectivity index (χ0) is 25.4. The van der Waals surface area contributed by atoms with Crippen molar-refractivity contribution in [1.29, 1.82) is 0 Å². The van der Waals surface area contributed by atoms with Crippen molar-refractivity contribution in [3.05, 3.63) is 78.4 Å². The molecule has 0 heterocycles. The fourth-order valence-corrected chi connectivity index (χ4v) is 5.05. The highest BCUT2D eigenvalue weighted by Crippen LogP contribution is 2.27. The molecule has 1 amide bonds. The van der Waals surface area contributed by atoms with Crippen molar-refractivity contribution in [2.75, 3.05) is 23.7 Å². The lowest BCUT2D eigenvalue weighted by Gasteiger charge is -2.24. The lowest BCUT2D eigenvalue weighted by molar-refractivity contribution is -0.119. The van der Waals surface area contributed by atoms with Crippen molar-refractivity contribution >= 4 is 39.1 Å². The van der Waals surface area contributed by atoms with Gasteiger partial charge in [-0.15, -0.1) is 11.8 Å². The number of hydrogen-bond acceptors (Lipinski definition) is 7. The molecular weight excluding hydrogens is 486 g/mol. The predicted octanol–water partition coefficient (Wildman–Crippen LogP) is 4.25. The maximum atomic E-state index is 13.5. The molecule has 0 aliphatic carbocycles. The maximum absolute atomic E-state index is 13.5.